The molecule has 0 saturated carbocycles. The zero-order valence-electron chi connectivity index (χ0n) is 8.26. The Bertz CT molecular complexity index is 364. The van der Waals surface area contributed by atoms with E-state index in [-0.39, 0.29) is 22.5 Å². The minimum Gasteiger partial charge on any atom is -0.506 e. The highest BCUT2D eigenvalue weighted by molar-refractivity contribution is 6.32. The van der Waals surface area contributed by atoms with Gasteiger partial charge in [0.25, 0.3) is 0 Å². The first-order valence-electron chi connectivity index (χ1n) is 5.07. The molecule has 0 aliphatic carbocycles. The zero-order chi connectivity index (χ0) is 10.8. The maximum atomic E-state index is 13.6. The van der Waals surface area contributed by atoms with Crippen molar-refractivity contribution in [2.24, 2.45) is 0 Å². The molecule has 0 spiro atoms. The molecule has 82 valence electrons. The average Bonchev–Trinajstić information content (AvgIpc) is 2.25. The summed E-state index contributed by atoms with van der Waals surface area (Å²) in [4.78, 5) is 0. The first-order chi connectivity index (χ1) is 7.18. The van der Waals surface area contributed by atoms with E-state index in [1.807, 2.05) is 0 Å². The Balaban J connectivity index is 2.30. The molecular formula is C11H13ClFNO. The molecule has 1 aromatic rings. The van der Waals surface area contributed by atoms with Crippen molar-refractivity contribution in [3.05, 3.63) is 28.5 Å². The molecule has 1 aromatic carbocycles. The van der Waals surface area contributed by atoms with Gasteiger partial charge in [-0.05, 0) is 36.9 Å². The number of halogens is 2. The van der Waals surface area contributed by atoms with Crippen LogP contribution in [-0.4, -0.2) is 18.2 Å². The van der Waals surface area contributed by atoms with E-state index in [9.17, 15) is 9.50 Å². The lowest BCUT2D eigenvalue weighted by Gasteiger charge is -2.23. The van der Waals surface area contributed by atoms with Crippen molar-refractivity contribution in [3.63, 3.8) is 0 Å². The van der Waals surface area contributed by atoms with Crippen molar-refractivity contribution >= 4 is 11.6 Å². The SMILES string of the molecule is Oc1cc(F)c(C2CCCNC2)cc1Cl. The summed E-state index contributed by atoms with van der Waals surface area (Å²) in [6.45, 7) is 1.77. The summed E-state index contributed by atoms with van der Waals surface area (Å²) in [5.74, 6) is -0.399. The van der Waals surface area contributed by atoms with Crippen LogP contribution < -0.4 is 5.32 Å². The van der Waals surface area contributed by atoms with Gasteiger partial charge in [0.1, 0.15) is 11.6 Å². The van der Waals surface area contributed by atoms with E-state index >= 15 is 0 Å². The quantitative estimate of drug-likeness (QED) is 0.776. The molecule has 0 aromatic heterocycles. The third-order valence-corrected chi connectivity index (χ3v) is 3.11. The number of rotatable bonds is 1. The average molecular weight is 230 g/mol. The molecule has 2 N–H and O–H groups in total. The Morgan fingerprint density at radius 1 is 1.47 bits per heavy atom. The third kappa shape index (κ3) is 2.24. The Morgan fingerprint density at radius 2 is 2.27 bits per heavy atom. The van der Waals surface area contributed by atoms with Crippen LogP contribution in [0.15, 0.2) is 12.1 Å². The van der Waals surface area contributed by atoms with Crippen LogP contribution in [0.2, 0.25) is 5.02 Å². The van der Waals surface area contributed by atoms with Crippen LogP contribution in [0.1, 0.15) is 24.3 Å². The van der Waals surface area contributed by atoms with Crippen molar-refractivity contribution in [3.8, 4) is 5.75 Å². The highest BCUT2D eigenvalue weighted by Crippen LogP contribution is 2.32. The van der Waals surface area contributed by atoms with E-state index in [2.05, 4.69) is 5.32 Å². The summed E-state index contributed by atoms with van der Waals surface area (Å²) in [5, 5.41) is 12.7. The predicted octanol–water partition coefficient (Wildman–Crippen LogP) is 2.65. The normalized spacial score (nSPS) is 21.6. The molecular weight excluding hydrogens is 217 g/mol. The molecule has 15 heavy (non-hydrogen) atoms. The Morgan fingerprint density at radius 3 is 2.93 bits per heavy atom. The molecule has 0 radical (unpaired) electrons. The molecule has 0 amide bonds. The summed E-state index contributed by atoms with van der Waals surface area (Å²) in [5.41, 5.74) is 0.602. The second kappa shape index (κ2) is 4.37. The van der Waals surface area contributed by atoms with E-state index in [0.717, 1.165) is 32.0 Å². The van der Waals surface area contributed by atoms with E-state index in [0.29, 0.717) is 5.56 Å². The van der Waals surface area contributed by atoms with Crippen molar-refractivity contribution in [2.45, 2.75) is 18.8 Å². The lowest BCUT2D eigenvalue weighted by atomic mass is 9.91. The number of benzene rings is 1. The highest BCUT2D eigenvalue weighted by Gasteiger charge is 2.19. The van der Waals surface area contributed by atoms with Crippen molar-refractivity contribution < 1.29 is 9.50 Å². The van der Waals surface area contributed by atoms with Gasteiger partial charge in [-0.1, -0.05) is 11.6 Å². The molecule has 1 atom stereocenters. The summed E-state index contributed by atoms with van der Waals surface area (Å²) in [6.07, 6.45) is 2.01. The van der Waals surface area contributed by atoms with Crippen LogP contribution in [0.25, 0.3) is 0 Å². The largest absolute Gasteiger partial charge is 0.506 e. The van der Waals surface area contributed by atoms with Gasteiger partial charge < -0.3 is 10.4 Å². The molecule has 1 unspecified atom stereocenters. The molecule has 2 rings (SSSR count). The standard InChI is InChI=1S/C11H13ClFNO/c12-9-4-8(10(13)5-11(9)15)7-2-1-3-14-6-7/h4-5,7,14-15H,1-3,6H2. The van der Waals surface area contributed by atoms with Gasteiger partial charge in [-0.15, -0.1) is 0 Å². The van der Waals surface area contributed by atoms with Gasteiger partial charge in [0.05, 0.1) is 5.02 Å². The van der Waals surface area contributed by atoms with Crippen molar-refractivity contribution in [1.29, 1.82) is 0 Å². The molecule has 4 heteroatoms. The van der Waals surface area contributed by atoms with Gasteiger partial charge in [0.15, 0.2) is 0 Å². The van der Waals surface area contributed by atoms with Crippen LogP contribution in [0.5, 0.6) is 5.75 Å². The number of aromatic hydroxyl groups is 1. The van der Waals surface area contributed by atoms with Gasteiger partial charge >= 0.3 is 0 Å². The van der Waals surface area contributed by atoms with Crippen LogP contribution in [-0.2, 0) is 0 Å². The number of nitrogens with one attached hydrogen (secondary N) is 1. The zero-order valence-corrected chi connectivity index (χ0v) is 9.02. The molecule has 1 aliphatic rings. The van der Waals surface area contributed by atoms with Gasteiger partial charge in [-0.25, -0.2) is 4.39 Å². The summed E-state index contributed by atoms with van der Waals surface area (Å²) < 4.78 is 13.6. The molecule has 1 saturated heterocycles. The summed E-state index contributed by atoms with van der Waals surface area (Å²) in [6, 6.07) is 2.62. The summed E-state index contributed by atoms with van der Waals surface area (Å²) in [7, 11) is 0. The topological polar surface area (TPSA) is 32.3 Å². The molecule has 2 nitrogen and oxygen atoms in total. The second-order valence-corrected chi connectivity index (χ2v) is 4.28. The van der Waals surface area contributed by atoms with Crippen molar-refractivity contribution in [2.75, 3.05) is 13.1 Å². The van der Waals surface area contributed by atoms with Crippen LogP contribution in [0.3, 0.4) is 0 Å². The minimum atomic E-state index is -0.370. The predicted molar refractivity (Wildman–Crippen MR) is 57.9 cm³/mol. The second-order valence-electron chi connectivity index (χ2n) is 3.87. The van der Waals surface area contributed by atoms with E-state index in [4.69, 9.17) is 11.6 Å². The van der Waals surface area contributed by atoms with Crippen molar-refractivity contribution in [1.82, 2.24) is 5.32 Å². The number of piperidine rings is 1. The monoisotopic (exact) mass is 229 g/mol. The Kier molecular flexibility index (Phi) is 3.12. The lowest BCUT2D eigenvalue weighted by Crippen LogP contribution is -2.28. The lowest BCUT2D eigenvalue weighted by molar-refractivity contribution is 0.439. The molecule has 1 aliphatic heterocycles. The highest BCUT2D eigenvalue weighted by atomic mass is 35.5. The Hall–Kier alpha value is -0.800. The van der Waals surface area contributed by atoms with E-state index in [1.165, 1.54) is 6.07 Å². The van der Waals surface area contributed by atoms with Crippen LogP contribution >= 0.6 is 11.6 Å². The van der Waals surface area contributed by atoms with Gasteiger partial charge in [-0.2, -0.15) is 0 Å². The molecule has 1 fully saturated rings. The fourth-order valence-electron chi connectivity index (χ4n) is 1.98. The van der Waals surface area contributed by atoms with Gasteiger partial charge in [-0.3, -0.25) is 0 Å². The Labute approximate surface area is 93.1 Å². The fraction of sp³-hybridized carbons (Fsp3) is 0.455. The van der Waals surface area contributed by atoms with Gasteiger partial charge in [0, 0.05) is 12.6 Å². The fourth-order valence-corrected chi connectivity index (χ4v) is 2.15. The van der Waals surface area contributed by atoms with E-state index in [1.54, 1.807) is 0 Å². The summed E-state index contributed by atoms with van der Waals surface area (Å²) >= 11 is 5.77. The number of phenols is 1. The first kappa shape index (κ1) is 10.7. The van der Waals surface area contributed by atoms with E-state index < -0.39 is 0 Å². The first-order valence-corrected chi connectivity index (χ1v) is 5.45. The third-order valence-electron chi connectivity index (χ3n) is 2.80. The van der Waals surface area contributed by atoms with Gasteiger partial charge in [0.2, 0.25) is 0 Å². The number of hydrogen-bond donors (Lipinski definition) is 2. The van der Waals surface area contributed by atoms with Crippen LogP contribution in [0.4, 0.5) is 4.39 Å². The number of hydrogen-bond acceptors (Lipinski definition) is 2. The minimum absolute atomic E-state index is 0.164. The maximum Gasteiger partial charge on any atom is 0.137 e. The molecule has 1 heterocycles. The number of phenolic OH excluding ortho intramolecular Hbond substituents is 1. The molecule has 0 bridgehead atoms. The van der Waals surface area contributed by atoms with Crippen LogP contribution in [0, 0.1) is 5.82 Å². The smallest absolute Gasteiger partial charge is 0.137 e. The maximum absolute atomic E-state index is 13.6.